The third-order valence-corrected chi connectivity index (χ3v) is 3.43. The van der Waals surface area contributed by atoms with Gasteiger partial charge in [-0.1, -0.05) is 18.5 Å². The predicted octanol–water partition coefficient (Wildman–Crippen LogP) is 2.79. The summed E-state index contributed by atoms with van der Waals surface area (Å²) in [6.45, 7) is 2.04. The van der Waals surface area contributed by atoms with Crippen LogP contribution in [0.15, 0.2) is 18.2 Å². The SMILES string of the molecule is CCC(CSC)NC(=O)c1cc(Cl)ccc1N. The third kappa shape index (κ3) is 4.13. The molecule has 0 saturated heterocycles. The highest BCUT2D eigenvalue weighted by Crippen LogP contribution is 2.18. The zero-order valence-corrected chi connectivity index (χ0v) is 11.6. The quantitative estimate of drug-likeness (QED) is 0.811. The molecule has 1 aromatic carbocycles. The van der Waals surface area contributed by atoms with Gasteiger partial charge in [0.25, 0.3) is 5.91 Å². The second kappa shape index (κ2) is 6.77. The normalized spacial score (nSPS) is 12.2. The van der Waals surface area contributed by atoms with Gasteiger partial charge >= 0.3 is 0 Å². The summed E-state index contributed by atoms with van der Waals surface area (Å²) in [6, 6.07) is 5.08. The Morgan fingerprint density at radius 1 is 1.59 bits per heavy atom. The van der Waals surface area contributed by atoms with Crippen LogP contribution in [0.4, 0.5) is 5.69 Å². The minimum Gasteiger partial charge on any atom is -0.398 e. The van der Waals surface area contributed by atoms with Crippen LogP contribution < -0.4 is 11.1 Å². The largest absolute Gasteiger partial charge is 0.398 e. The van der Waals surface area contributed by atoms with Crippen molar-refractivity contribution >= 4 is 35.0 Å². The van der Waals surface area contributed by atoms with Crippen LogP contribution in [0.3, 0.4) is 0 Å². The van der Waals surface area contributed by atoms with Crippen molar-refractivity contribution in [3.63, 3.8) is 0 Å². The number of amides is 1. The van der Waals surface area contributed by atoms with E-state index in [1.807, 2.05) is 13.2 Å². The smallest absolute Gasteiger partial charge is 0.253 e. The third-order valence-electron chi connectivity index (χ3n) is 2.46. The molecule has 1 aromatic rings. The van der Waals surface area contributed by atoms with E-state index >= 15 is 0 Å². The molecular formula is C12H17ClN2OS. The Morgan fingerprint density at radius 2 is 2.29 bits per heavy atom. The number of nitrogen functional groups attached to an aromatic ring is 1. The molecule has 94 valence electrons. The summed E-state index contributed by atoms with van der Waals surface area (Å²) in [5.41, 5.74) is 6.65. The average molecular weight is 273 g/mol. The van der Waals surface area contributed by atoms with Crippen molar-refractivity contribution in [3.05, 3.63) is 28.8 Å². The maximum absolute atomic E-state index is 12.0. The fourth-order valence-corrected chi connectivity index (χ4v) is 2.34. The molecule has 0 bridgehead atoms. The topological polar surface area (TPSA) is 55.1 Å². The Kier molecular flexibility index (Phi) is 5.65. The number of hydrogen-bond donors (Lipinski definition) is 2. The molecule has 1 unspecified atom stereocenters. The van der Waals surface area contributed by atoms with Crippen molar-refractivity contribution in [1.82, 2.24) is 5.32 Å². The summed E-state index contributed by atoms with van der Waals surface area (Å²) >= 11 is 7.56. The van der Waals surface area contributed by atoms with Gasteiger partial charge < -0.3 is 11.1 Å². The van der Waals surface area contributed by atoms with Crippen molar-refractivity contribution in [2.24, 2.45) is 0 Å². The molecule has 5 heteroatoms. The molecule has 0 aliphatic rings. The summed E-state index contributed by atoms with van der Waals surface area (Å²) in [5, 5.41) is 3.47. The van der Waals surface area contributed by atoms with Gasteiger partial charge in [-0.05, 0) is 30.9 Å². The zero-order chi connectivity index (χ0) is 12.8. The van der Waals surface area contributed by atoms with E-state index in [1.54, 1.807) is 30.0 Å². The first-order valence-electron chi connectivity index (χ1n) is 5.43. The number of hydrogen-bond acceptors (Lipinski definition) is 3. The molecular weight excluding hydrogens is 256 g/mol. The molecule has 0 radical (unpaired) electrons. The van der Waals surface area contributed by atoms with E-state index < -0.39 is 0 Å². The van der Waals surface area contributed by atoms with Crippen molar-refractivity contribution < 1.29 is 4.79 Å². The van der Waals surface area contributed by atoms with Gasteiger partial charge in [0, 0.05) is 22.5 Å². The maximum atomic E-state index is 12.0. The van der Waals surface area contributed by atoms with E-state index in [1.165, 1.54) is 0 Å². The summed E-state index contributed by atoms with van der Waals surface area (Å²) in [6.07, 6.45) is 2.91. The van der Waals surface area contributed by atoms with Crippen LogP contribution in [0.25, 0.3) is 0 Å². The number of benzene rings is 1. The van der Waals surface area contributed by atoms with Crippen LogP contribution in [-0.4, -0.2) is 24.0 Å². The van der Waals surface area contributed by atoms with E-state index in [9.17, 15) is 4.79 Å². The maximum Gasteiger partial charge on any atom is 0.253 e. The fraction of sp³-hybridized carbons (Fsp3) is 0.417. The van der Waals surface area contributed by atoms with E-state index in [-0.39, 0.29) is 11.9 Å². The van der Waals surface area contributed by atoms with Gasteiger partial charge in [-0.2, -0.15) is 11.8 Å². The highest BCUT2D eigenvalue weighted by Gasteiger charge is 2.14. The van der Waals surface area contributed by atoms with Gasteiger partial charge in [-0.25, -0.2) is 0 Å². The fourth-order valence-electron chi connectivity index (χ4n) is 1.45. The lowest BCUT2D eigenvalue weighted by atomic mass is 10.1. The first-order valence-corrected chi connectivity index (χ1v) is 7.20. The molecule has 1 atom stereocenters. The second-order valence-corrected chi connectivity index (χ2v) is 5.11. The molecule has 1 amide bonds. The molecule has 3 N–H and O–H groups in total. The summed E-state index contributed by atoms with van der Waals surface area (Å²) in [4.78, 5) is 12.0. The second-order valence-electron chi connectivity index (χ2n) is 3.77. The lowest BCUT2D eigenvalue weighted by molar-refractivity contribution is 0.0941. The van der Waals surface area contributed by atoms with Crippen LogP contribution in [0.5, 0.6) is 0 Å². The molecule has 3 nitrogen and oxygen atoms in total. The molecule has 0 aliphatic carbocycles. The minimum atomic E-state index is -0.161. The van der Waals surface area contributed by atoms with E-state index in [2.05, 4.69) is 5.32 Å². The van der Waals surface area contributed by atoms with Crippen LogP contribution in [0.1, 0.15) is 23.7 Å². The van der Waals surface area contributed by atoms with Crippen LogP contribution in [0, 0.1) is 0 Å². The predicted molar refractivity (Wildman–Crippen MR) is 75.8 cm³/mol. The molecule has 0 aliphatic heterocycles. The highest BCUT2D eigenvalue weighted by molar-refractivity contribution is 7.98. The number of carbonyl (C=O) groups is 1. The van der Waals surface area contributed by atoms with Crippen molar-refractivity contribution in [2.75, 3.05) is 17.7 Å². The summed E-state index contributed by atoms with van der Waals surface area (Å²) < 4.78 is 0. The standard InChI is InChI=1S/C12H17ClN2OS/c1-3-9(7-17-2)15-12(16)10-6-8(13)4-5-11(10)14/h4-6,9H,3,7,14H2,1-2H3,(H,15,16). The Labute approximate surface area is 111 Å². The number of nitrogens with two attached hydrogens (primary N) is 1. The first kappa shape index (κ1) is 14.2. The average Bonchev–Trinajstić information content (AvgIpc) is 2.31. The Hall–Kier alpha value is -0.870. The molecule has 0 saturated carbocycles. The lowest BCUT2D eigenvalue weighted by Crippen LogP contribution is -2.36. The van der Waals surface area contributed by atoms with Gasteiger partial charge in [-0.15, -0.1) is 0 Å². The van der Waals surface area contributed by atoms with Crippen LogP contribution in [-0.2, 0) is 0 Å². The van der Waals surface area contributed by atoms with E-state index in [0.29, 0.717) is 16.3 Å². The van der Waals surface area contributed by atoms with Gasteiger partial charge in [0.15, 0.2) is 0 Å². The highest BCUT2D eigenvalue weighted by atomic mass is 35.5. The number of thioether (sulfide) groups is 1. The summed E-state index contributed by atoms with van der Waals surface area (Å²) in [5.74, 6) is 0.730. The van der Waals surface area contributed by atoms with Crippen molar-refractivity contribution in [2.45, 2.75) is 19.4 Å². The van der Waals surface area contributed by atoms with E-state index in [4.69, 9.17) is 17.3 Å². The van der Waals surface area contributed by atoms with Crippen molar-refractivity contribution in [3.8, 4) is 0 Å². The molecule has 0 heterocycles. The molecule has 0 spiro atoms. The molecule has 17 heavy (non-hydrogen) atoms. The number of nitrogens with one attached hydrogen (secondary N) is 1. The molecule has 0 fully saturated rings. The van der Waals surface area contributed by atoms with Gasteiger partial charge in [0.2, 0.25) is 0 Å². The molecule has 0 aromatic heterocycles. The van der Waals surface area contributed by atoms with Gasteiger partial charge in [0.05, 0.1) is 5.56 Å². The Morgan fingerprint density at radius 3 is 2.88 bits per heavy atom. The first-order chi connectivity index (χ1) is 8.08. The van der Waals surface area contributed by atoms with E-state index in [0.717, 1.165) is 12.2 Å². The van der Waals surface area contributed by atoms with Gasteiger partial charge in [0.1, 0.15) is 0 Å². The number of anilines is 1. The minimum absolute atomic E-state index is 0.161. The molecule has 1 rings (SSSR count). The Bertz CT molecular complexity index is 398. The Balaban J connectivity index is 2.78. The van der Waals surface area contributed by atoms with Crippen molar-refractivity contribution in [1.29, 1.82) is 0 Å². The van der Waals surface area contributed by atoms with Gasteiger partial charge in [-0.3, -0.25) is 4.79 Å². The zero-order valence-electron chi connectivity index (χ0n) is 10.00. The number of carbonyl (C=O) groups excluding carboxylic acids is 1. The number of halogens is 1. The summed E-state index contributed by atoms with van der Waals surface area (Å²) in [7, 11) is 0. The monoisotopic (exact) mass is 272 g/mol. The number of rotatable bonds is 5. The lowest BCUT2D eigenvalue weighted by Gasteiger charge is -2.16. The van der Waals surface area contributed by atoms with Crippen LogP contribution in [0.2, 0.25) is 5.02 Å². The van der Waals surface area contributed by atoms with Crippen LogP contribution >= 0.6 is 23.4 Å².